The van der Waals surface area contributed by atoms with Crippen LogP contribution in [0.1, 0.15) is 42.9 Å². The van der Waals surface area contributed by atoms with E-state index >= 15 is 0 Å². The number of hydrogen-bond donors (Lipinski definition) is 0. The quantitative estimate of drug-likeness (QED) is 0.811. The van der Waals surface area contributed by atoms with Gasteiger partial charge in [-0.05, 0) is 48.6 Å². The van der Waals surface area contributed by atoms with Gasteiger partial charge in [-0.1, -0.05) is 30.7 Å². The molecule has 2 fully saturated rings. The van der Waals surface area contributed by atoms with Crippen molar-refractivity contribution in [1.82, 2.24) is 0 Å². The van der Waals surface area contributed by atoms with Crippen LogP contribution in [-0.4, -0.2) is 12.4 Å². The summed E-state index contributed by atoms with van der Waals surface area (Å²) in [5, 5.41) is 0. The summed E-state index contributed by atoms with van der Waals surface area (Å²) in [5.41, 5.74) is 2.43. The highest BCUT2D eigenvalue weighted by atomic mass is 16.5. The van der Waals surface area contributed by atoms with Crippen molar-refractivity contribution < 1.29 is 9.53 Å². The molecule has 0 saturated heterocycles. The highest BCUT2D eigenvalue weighted by molar-refractivity contribution is 5.87. The second-order valence-corrected chi connectivity index (χ2v) is 6.38. The lowest BCUT2D eigenvalue weighted by atomic mass is 9.81. The number of ether oxygens (including phenoxy) is 1. The number of carbonyl (C=O) groups is 1. The van der Waals surface area contributed by atoms with E-state index < -0.39 is 0 Å². The Bertz CT molecular complexity index is 508. The molecule has 0 spiro atoms. The Morgan fingerprint density at radius 1 is 1.16 bits per heavy atom. The van der Waals surface area contributed by atoms with Crippen molar-refractivity contribution >= 4 is 5.78 Å². The first-order chi connectivity index (χ1) is 9.33. The molecular formula is C17H20O2. The third-order valence-corrected chi connectivity index (χ3v) is 5.36. The van der Waals surface area contributed by atoms with Gasteiger partial charge >= 0.3 is 0 Å². The van der Waals surface area contributed by atoms with Crippen LogP contribution < -0.4 is 0 Å². The molecule has 1 aromatic carbocycles. The summed E-state index contributed by atoms with van der Waals surface area (Å²) in [6, 6.07) is 8.29. The third kappa shape index (κ3) is 1.85. The zero-order valence-electron chi connectivity index (χ0n) is 11.2. The molecule has 4 atom stereocenters. The van der Waals surface area contributed by atoms with Gasteiger partial charge in [0, 0.05) is 5.92 Å². The fourth-order valence-corrected chi connectivity index (χ4v) is 4.42. The number of hydrogen-bond acceptors (Lipinski definition) is 2. The fourth-order valence-electron chi connectivity index (χ4n) is 4.42. The number of fused-ring (bicyclic) bond motifs is 3. The number of ketones is 1. The molecule has 4 rings (SSSR count). The number of carbonyl (C=O) groups excluding carboxylic acids is 1. The van der Waals surface area contributed by atoms with Crippen LogP contribution in [0.5, 0.6) is 0 Å². The van der Waals surface area contributed by atoms with E-state index in [-0.39, 0.29) is 12.0 Å². The van der Waals surface area contributed by atoms with E-state index in [1.165, 1.54) is 24.8 Å². The molecule has 0 N–H and O–H groups in total. The van der Waals surface area contributed by atoms with Crippen LogP contribution in [0.2, 0.25) is 0 Å². The summed E-state index contributed by atoms with van der Waals surface area (Å²) in [6.07, 6.45) is 5.66. The van der Waals surface area contributed by atoms with Gasteiger partial charge in [-0.2, -0.15) is 0 Å². The zero-order valence-corrected chi connectivity index (χ0v) is 11.2. The minimum Gasteiger partial charge on any atom is -0.365 e. The van der Waals surface area contributed by atoms with Gasteiger partial charge in [-0.3, -0.25) is 4.79 Å². The Kier molecular flexibility index (Phi) is 2.73. The van der Waals surface area contributed by atoms with E-state index in [4.69, 9.17) is 4.74 Å². The summed E-state index contributed by atoms with van der Waals surface area (Å²) < 4.78 is 5.84. The predicted octanol–water partition coefficient (Wildman–Crippen LogP) is 3.31. The van der Waals surface area contributed by atoms with Crippen LogP contribution in [-0.2, 0) is 16.0 Å². The predicted molar refractivity (Wildman–Crippen MR) is 72.8 cm³/mol. The van der Waals surface area contributed by atoms with Crippen molar-refractivity contribution in [2.45, 2.75) is 38.2 Å². The molecule has 0 radical (unpaired) electrons. The van der Waals surface area contributed by atoms with Gasteiger partial charge in [-0.25, -0.2) is 0 Å². The zero-order chi connectivity index (χ0) is 12.8. The van der Waals surface area contributed by atoms with Crippen molar-refractivity contribution in [3.05, 3.63) is 35.4 Å². The van der Waals surface area contributed by atoms with Gasteiger partial charge in [0.1, 0.15) is 6.10 Å². The molecule has 1 aliphatic heterocycles. The fraction of sp³-hybridized carbons (Fsp3) is 0.588. The molecular weight excluding hydrogens is 236 g/mol. The lowest BCUT2D eigenvalue weighted by Crippen LogP contribution is -2.31. The lowest BCUT2D eigenvalue weighted by Gasteiger charge is -2.29. The Labute approximate surface area is 114 Å². The van der Waals surface area contributed by atoms with Gasteiger partial charge in [0.15, 0.2) is 5.78 Å². The van der Waals surface area contributed by atoms with E-state index in [1.807, 2.05) is 6.07 Å². The standard InChI is InChI=1S/C17H20O2/c18-16(15-10-11-5-6-13(15)9-11)17-14-4-2-1-3-12(14)7-8-19-17/h1-4,11,13,15,17H,5-10H2. The lowest BCUT2D eigenvalue weighted by molar-refractivity contribution is -0.137. The average Bonchev–Trinajstić information content (AvgIpc) is 3.08. The summed E-state index contributed by atoms with van der Waals surface area (Å²) in [6.45, 7) is 0.689. The first-order valence-electron chi connectivity index (χ1n) is 7.56. The Balaban J connectivity index is 1.61. The van der Waals surface area contributed by atoms with Crippen molar-refractivity contribution in [2.75, 3.05) is 6.61 Å². The summed E-state index contributed by atoms with van der Waals surface area (Å²) >= 11 is 0. The molecule has 1 aromatic rings. The van der Waals surface area contributed by atoms with Crippen molar-refractivity contribution in [1.29, 1.82) is 0 Å². The van der Waals surface area contributed by atoms with E-state index in [9.17, 15) is 4.79 Å². The minimum absolute atomic E-state index is 0.273. The minimum atomic E-state index is -0.283. The molecule has 19 heavy (non-hydrogen) atoms. The molecule has 4 unspecified atom stereocenters. The molecule has 2 nitrogen and oxygen atoms in total. The Morgan fingerprint density at radius 2 is 2.05 bits per heavy atom. The van der Waals surface area contributed by atoms with Crippen LogP contribution in [0, 0.1) is 17.8 Å². The van der Waals surface area contributed by atoms with E-state index in [2.05, 4.69) is 18.2 Å². The van der Waals surface area contributed by atoms with Gasteiger partial charge in [-0.15, -0.1) is 0 Å². The second-order valence-electron chi connectivity index (χ2n) is 6.38. The average molecular weight is 256 g/mol. The van der Waals surface area contributed by atoms with Crippen molar-refractivity contribution in [3.8, 4) is 0 Å². The second kappa shape index (κ2) is 4.45. The van der Waals surface area contributed by atoms with Crippen LogP contribution in [0.3, 0.4) is 0 Å². The first-order valence-corrected chi connectivity index (χ1v) is 7.56. The highest BCUT2D eigenvalue weighted by Crippen LogP contribution is 2.50. The normalized spacial score (nSPS) is 36.2. The SMILES string of the molecule is O=C(C1OCCc2ccccc21)C1CC2CCC1C2. The molecule has 0 amide bonds. The summed E-state index contributed by atoms with van der Waals surface area (Å²) in [4.78, 5) is 12.8. The molecule has 0 aromatic heterocycles. The van der Waals surface area contributed by atoms with Crippen LogP contribution in [0.15, 0.2) is 24.3 Å². The molecule has 3 aliphatic rings. The smallest absolute Gasteiger partial charge is 0.169 e. The van der Waals surface area contributed by atoms with E-state index in [0.717, 1.165) is 24.3 Å². The van der Waals surface area contributed by atoms with E-state index in [1.54, 1.807) is 0 Å². The Hall–Kier alpha value is -1.15. The molecule has 1 heterocycles. The van der Waals surface area contributed by atoms with Crippen LogP contribution in [0.25, 0.3) is 0 Å². The van der Waals surface area contributed by atoms with Gasteiger partial charge in [0.25, 0.3) is 0 Å². The molecule has 100 valence electrons. The monoisotopic (exact) mass is 256 g/mol. The summed E-state index contributed by atoms with van der Waals surface area (Å²) in [7, 11) is 0. The highest BCUT2D eigenvalue weighted by Gasteiger charge is 2.45. The molecule has 2 bridgehead atoms. The maximum atomic E-state index is 12.8. The van der Waals surface area contributed by atoms with Crippen LogP contribution in [0.4, 0.5) is 0 Å². The van der Waals surface area contributed by atoms with Crippen molar-refractivity contribution in [2.24, 2.45) is 17.8 Å². The molecule has 2 aliphatic carbocycles. The molecule has 2 heteroatoms. The topological polar surface area (TPSA) is 26.3 Å². The maximum absolute atomic E-state index is 12.8. The van der Waals surface area contributed by atoms with Crippen LogP contribution >= 0.6 is 0 Å². The third-order valence-electron chi connectivity index (χ3n) is 5.36. The van der Waals surface area contributed by atoms with Crippen molar-refractivity contribution in [3.63, 3.8) is 0 Å². The number of Topliss-reactive ketones (excluding diaryl/α,β-unsaturated/α-hetero) is 1. The first kappa shape index (κ1) is 11.7. The van der Waals surface area contributed by atoms with Gasteiger partial charge < -0.3 is 4.74 Å². The largest absolute Gasteiger partial charge is 0.365 e. The van der Waals surface area contributed by atoms with E-state index in [0.29, 0.717) is 18.3 Å². The molecule has 2 saturated carbocycles. The van der Waals surface area contributed by atoms with Gasteiger partial charge in [0.2, 0.25) is 0 Å². The van der Waals surface area contributed by atoms with Gasteiger partial charge in [0.05, 0.1) is 6.61 Å². The number of rotatable bonds is 2. The maximum Gasteiger partial charge on any atom is 0.169 e. The summed E-state index contributed by atoms with van der Waals surface area (Å²) in [5.74, 6) is 2.10. The number of benzene rings is 1. The Morgan fingerprint density at radius 3 is 2.84 bits per heavy atom.